The summed E-state index contributed by atoms with van der Waals surface area (Å²) in [4.78, 5) is 11.7. The van der Waals surface area contributed by atoms with Crippen LogP contribution in [0.25, 0.3) is 0 Å². The average molecular weight is 282 g/mol. The summed E-state index contributed by atoms with van der Waals surface area (Å²) in [6, 6.07) is 7.06. The average Bonchev–Trinajstić information content (AvgIpc) is 2.33. The summed E-state index contributed by atoms with van der Waals surface area (Å²) >= 11 is 0.822. The van der Waals surface area contributed by atoms with Crippen LogP contribution in [-0.2, 0) is 0 Å². The minimum absolute atomic E-state index is 0.00750. The first-order valence-electron chi connectivity index (χ1n) is 5.41. The van der Waals surface area contributed by atoms with E-state index < -0.39 is 23.2 Å². The third-order valence-electron chi connectivity index (χ3n) is 2.44. The first-order valence-corrected chi connectivity index (χ1v) is 6.23. The fourth-order valence-corrected chi connectivity index (χ4v) is 2.67. The Balaban J connectivity index is 2.46. The number of hydrogen-bond acceptors (Lipinski definition) is 2. The summed E-state index contributed by atoms with van der Waals surface area (Å²) in [5.41, 5.74) is -0.115. The highest BCUT2D eigenvalue weighted by Gasteiger charge is 2.15. The molecule has 0 aliphatic heterocycles. The van der Waals surface area contributed by atoms with Crippen LogP contribution in [0.3, 0.4) is 0 Å². The van der Waals surface area contributed by atoms with E-state index in [9.17, 15) is 18.0 Å². The molecule has 0 N–H and O–H groups in total. The van der Waals surface area contributed by atoms with Gasteiger partial charge in [-0.05, 0) is 37.3 Å². The Morgan fingerprint density at radius 2 is 1.74 bits per heavy atom. The Hall–Kier alpha value is -1.75. The quantitative estimate of drug-likeness (QED) is 0.773. The molecule has 0 aliphatic rings. The van der Waals surface area contributed by atoms with Crippen molar-refractivity contribution >= 4 is 17.5 Å². The predicted octanol–water partition coefficient (Wildman–Crippen LogP) is 4.46. The van der Waals surface area contributed by atoms with Gasteiger partial charge in [-0.2, -0.15) is 0 Å². The van der Waals surface area contributed by atoms with Gasteiger partial charge in [0.25, 0.3) is 0 Å². The van der Waals surface area contributed by atoms with Crippen LogP contribution in [0.4, 0.5) is 13.2 Å². The molecule has 0 heterocycles. The highest BCUT2D eigenvalue weighted by molar-refractivity contribution is 7.99. The molecular weight excluding hydrogens is 273 g/mol. The number of rotatable bonds is 3. The zero-order valence-electron chi connectivity index (χ0n) is 9.91. The van der Waals surface area contributed by atoms with Gasteiger partial charge >= 0.3 is 0 Å². The monoisotopic (exact) mass is 282 g/mol. The molecule has 2 aromatic rings. The molecule has 0 radical (unpaired) electrons. The summed E-state index contributed by atoms with van der Waals surface area (Å²) in [7, 11) is 0. The van der Waals surface area contributed by atoms with Crippen molar-refractivity contribution in [1.82, 2.24) is 0 Å². The molecule has 0 atom stereocenters. The molecule has 0 saturated heterocycles. The van der Waals surface area contributed by atoms with E-state index in [-0.39, 0.29) is 15.4 Å². The molecule has 0 unspecified atom stereocenters. The second-order valence-corrected chi connectivity index (χ2v) is 4.93. The lowest BCUT2D eigenvalue weighted by atomic mass is 10.1. The molecule has 0 bridgehead atoms. The van der Waals surface area contributed by atoms with Crippen LogP contribution in [0.15, 0.2) is 46.2 Å². The van der Waals surface area contributed by atoms with Crippen LogP contribution in [0.2, 0.25) is 0 Å². The van der Waals surface area contributed by atoms with E-state index in [0.29, 0.717) is 0 Å². The largest absolute Gasteiger partial charge is 0.294 e. The van der Waals surface area contributed by atoms with Crippen molar-refractivity contribution in [3.05, 3.63) is 59.4 Å². The van der Waals surface area contributed by atoms with Gasteiger partial charge in [0.2, 0.25) is 0 Å². The van der Waals surface area contributed by atoms with E-state index in [4.69, 9.17) is 0 Å². The number of hydrogen-bond donors (Lipinski definition) is 0. The van der Waals surface area contributed by atoms with Gasteiger partial charge < -0.3 is 0 Å². The van der Waals surface area contributed by atoms with Crippen molar-refractivity contribution in [1.29, 1.82) is 0 Å². The molecule has 1 nitrogen and oxygen atoms in total. The smallest absolute Gasteiger partial charge is 0.163 e. The van der Waals surface area contributed by atoms with Gasteiger partial charge in [0, 0.05) is 4.90 Å². The van der Waals surface area contributed by atoms with Crippen LogP contribution < -0.4 is 0 Å². The summed E-state index contributed by atoms with van der Waals surface area (Å²) in [5.74, 6) is -2.35. The second-order valence-electron chi connectivity index (χ2n) is 3.85. The maximum absolute atomic E-state index is 13.6. The maximum atomic E-state index is 13.6. The Morgan fingerprint density at radius 3 is 2.42 bits per heavy atom. The lowest BCUT2D eigenvalue weighted by molar-refractivity contribution is 0.101. The molecule has 2 aromatic carbocycles. The van der Waals surface area contributed by atoms with E-state index in [2.05, 4.69) is 0 Å². The van der Waals surface area contributed by atoms with Crippen LogP contribution in [0.1, 0.15) is 17.3 Å². The molecule has 98 valence electrons. The third-order valence-corrected chi connectivity index (χ3v) is 3.53. The number of Topliss-reactive ketones (excluding diaryl/α,β-unsaturated/α-hetero) is 1. The van der Waals surface area contributed by atoms with Crippen LogP contribution in [0, 0.1) is 17.5 Å². The predicted molar refractivity (Wildman–Crippen MR) is 66.9 cm³/mol. The minimum atomic E-state index is -0.672. The number of benzene rings is 2. The number of ketones is 1. The lowest BCUT2D eigenvalue weighted by Gasteiger charge is -2.08. The fraction of sp³-hybridized carbons (Fsp3) is 0.0714. The maximum Gasteiger partial charge on any atom is 0.163 e. The summed E-state index contributed by atoms with van der Waals surface area (Å²) < 4.78 is 40.2. The molecule has 0 aliphatic carbocycles. The Labute approximate surface area is 112 Å². The molecule has 2 rings (SSSR count). The Kier molecular flexibility index (Phi) is 3.95. The van der Waals surface area contributed by atoms with Gasteiger partial charge in [-0.25, -0.2) is 13.2 Å². The van der Waals surface area contributed by atoms with Gasteiger partial charge in [-0.15, -0.1) is 0 Å². The van der Waals surface area contributed by atoms with Crippen molar-refractivity contribution in [2.75, 3.05) is 0 Å². The van der Waals surface area contributed by atoms with Crippen molar-refractivity contribution in [2.45, 2.75) is 16.7 Å². The summed E-state index contributed by atoms with van der Waals surface area (Å²) in [6.07, 6.45) is 0. The highest BCUT2D eigenvalue weighted by Crippen LogP contribution is 2.33. The van der Waals surface area contributed by atoms with Gasteiger partial charge in [0.05, 0.1) is 10.5 Å². The Morgan fingerprint density at radius 1 is 1.00 bits per heavy atom. The highest BCUT2D eigenvalue weighted by atomic mass is 32.2. The first-order chi connectivity index (χ1) is 8.99. The topological polar surface area (TPSA) is 17.1 Å². The van der Waals surface area contributed by atoms with Crippen LogP contribution in [0.5, 0.6) is 0 Å². The molecule has 5 heteroatoms. The van der Waals surface area contributed by atoms with E-state index in [1.165, 1.54) is 19.1 Å². The Bertz CT molecular complexity index is 641. The molecular formula is C14H9F3OS. The zero-order valence-corrected chi connectivity index (χ0v) is 10.7. The third kappa shape index (κ3) is 2.98. The minimum Gasteiger partial charge on any atom is -0.294 e. The van der Waals surface area contributed by atoms with Crippen molar-refractivity contribution < 1.29 is 18.0 Å². The molecule has 0 spiro atoms. The second kappa shape index (κ2) is 5.48. The van der Waals surface area contributed by atoms with Gasteiger partial charge in [0.1, 0.15) is 17.5 Å². The fourth-order valence-electron chi connectivity index (χ4n) is 1.60. The van der Waals surface area contributed by atoms with E-state index in [0.717, 1.165) is 36.0 Å². The van der Waals surface area contributed by atoms with Crippen molar-refractivity contribution in [2.24, 2.45) is 0 Å². The lowest BCUT2D eigenvalue weighted by Crippen LogP contribution is -1.99. The first kappa shape index (κ1) is 13.7. The summed E-state index contributed by atoms with van der Waals surface area (Å²) in [6.45, 7) is 1.23. The number of carbonyl (C=O) groups excluding carboxylic acids is 1. The number of carbonyl (C=O) groups is 1. The molecule has 0 amide bonds. The number of halogens is 3. The van der Waals surface area contributed by atoms with Crippen molar-refractivity contribution in [3.8, 4) is 0 Å². The summed E-state index contributed by atoms with van der Waals surface area (Å²) in [5, 5.41) is 0. The molecule has 0 aromatic heterocycles. The van der Waals surface area contributed by atoms with Crippen LogP contribution in [-0.4, -0.2) is 5.78 Å². The van der Waals surface area contributed by atoms with Crippen LogP contribution >= 0.6 is 11.8 Å². The molecule has 0 saturated carbocycles. The van der Waals surface area contributed by atoms with E-state index >= 15 is 0 Å². The standard InChI is InChI=1S/C14H9F3OS/c1-8(18)14-11(17)3-2-4-12(14)19-13-7-9(15)5-6-10(13)16/h2-7H,1H3. The van der Waals surface area contributed by atoms with Gasteiger partial charge in [0.15, 0.2) is 5.78 Å². The normalized spacial score (nSPS) is 10.5. The molecule has 0 fully saturated rings. The zero-order chi connectivity index (χ0) is 14.0. The van der Waals surface area contributed by atoms with E-state index in [1.54, 1.807) is 0 Å². The molecule has 19 heavy (non-hydrogen) atoms. The van der Waals surface area contributed by atoms with Gasteiger partial charge in [-0.1, -0.05) is 17.8 Å². The SMILES string of the molecule is CC(=O)c1c(F)cccc1Sc1cc(F)ccc1F. The van der Waals surface area contributed by atoms with Gasteiger partial charge in [-0.3, -0.25) is 4.79 Å². The van der Waals surface area contributed by atoms with Crippen molar-refractivity contribution in [3.63, 3.8) is 0 Å². The van der Waals surface area contributed by atoms with E-state index in [1.807, 2.05) is 0 Å².